The summed E-state index contributed by atoms with van der Waals surface area (Å²) in [6.45, 7) is 3.72. The first-order valence-electron chi connectivity index (χ1n) is 5.62. The zero-order valence-corrected chi connectivity index (χ0v) is 12.1. The lowest BCUT2D eigenvalue weighted by Crippen LogP contribution is -2.40. The Kier molecular flexibility index (Phi) is 5.19. The van der Waals surface area contributed by atoms with Crippen LogP contribution in [0, 0.1) is 0 Å². The molecule has 1 nitrogen and oxygen atoms in total. The van der Waals surface area contributed by atoms with Crippen molar-refractivity contribution < 1.29 is 0 Å². The van der Waals surface area contributed by atoms with Gasteiger partial charge in [0.1, 0.15) is 0 Å². The van der Waals surface area contributed by atoms with Crippen molar-refractivity contribution in [1.29, 1.82) is 0 Å². The fraction of sp³-hybridized carbons (Fsp3) is 1.00. The van der Waals surface area contributed by atoms with E-state index in [2.05, 4.69) is 11.5 Å². The summed E-state index contributed by atoms with van der Waals surface area (Å²) >= 11 is 0. The van der Waals surface area contributed by atoms with Gasteiger partial charge in [0.2, 0.25) is 0 Å². The van der Waals surface area contributed by atoms with E-state index in [0.717, 1.165) is 6.04 Å². The lowest BCUT2D eigenvalue weighted by Gasteiger charge is -2.33. The molecule has 12 heavy (non-hydrogen) atoms. The molecule has 0 amide bonds. The van der Waals surface area contributed by atoms with Crippen LogP contribution in [0.4, 0.5) is 0 Å². The molecule has 0 aromatic heterocycles. The van der Waals surface area contributed by atoms with Gasteiger partial charge in [-0.25, -0.2) is 0 Å². The smallest absolute Gasteiger partial charge is 0.0759 e. The number of nitrogens with zero attached hydrogens (tertiary/aromatic N) is 1. The van der Waals surface area contributed by atoms with Crippen LogP contribution >= 0.6 is 0 Å². The molecular formula is C9H23NSi2. The van der Waals surface area contributed by atoms with Crippen molar-refractivity contribution in [3.63, 3.8) is 0 Å². The molecule has 0 saturated heterocycles. The summed E-state index contributed by atoms with van der Waals surface area (Å²) in [6, 6.07) is 1.02. The summed E-state index contributed by atoms with van der Waals surface area (Å²) in [5.74, 6) is 0. The van der Waals surface area contributed by atoms with Gasteiger partial charge in [0.15, 0.2) is 0 Å². The predicted octanol–water partition coefficient (Wildman–Crippen LogP) is 0.395. The van der Waals surface area contributed by atoms with E-state index in [1.165, 1.54) is 54.8 Å². The second-order valence-electron chi connectivity index (χ2n) is 3.92. The lowest BCUT2D eigenvalue weighted by molar-refractivity contribution is 0.260. The lowest BCUT2D eigenvalue weighted by atomic mass is 9.95. The highest BCUT2D eigenvalue weighted by molar-refractivity contribution is 6.87. The first kappa shape index (κ1) is 10.5. The Balaban J connectivity index is 2.29. The normalized spacial score (nSPS) is 21.5. The maximum absolute atomic E-state index is 2.87. The number of hydrogen-bond acceptors (Lipinski definition) is 1. The van der Waals surface area contributed by atoms with Gasteiger partial charge in [-0.1, -0.05) is 26.2 Å². The fourth-order valence-electron chi connectivity index (χ4n) is 2.33. The van der Waals surface area contributed by atoms with Gasteiger partial charge in [-0.2, -0.15) is 0 Å². The summed E-state index contributed by atoms with van der Waals surface area (Å²) in [4.78, 5) is 0. The Morgan fingerprint density at radius 1 is 1.33 bits per heavy atom. The Bertz CT molecular complexity index is 110. The van der Waals surface area contributed by atoms with Crippen LogP contribution in [0.5, 0.6) is 0 Å². The highest BCUT2D eigenvalue weighted by Gasteiger charge is 2.18. The minimum Gasteiger partial charge on any atom is -0.330 e. The van der Waals surface area contributed by atoms with Gasteiger partial charge < -0.3 is 4.57 Å². The third-order valence-corrected chi connectivity index (χ3v) is 7.09. The molecule has 0 radical (unpaired) electrons. The molecule has 0 aromatic rings. The summed E-state index contributed by atoms with van der Waals surface area (Å²) < 4.78 is 2.87. The molecule has 0 atom stereocenters. The van der Waals surface area contributed by atoms with E-state index in [-0.39, 0.29) is 9.20 Å². The first-order valence-corrected chi connectivity index (χ1v) is 11.9. The molecule has 72 valence electrons. The maximum atomic E-state index is 2.87. The molecular weight excluding hydrogens is 178 g/mol. The third kappa shape index (κ3) is 3.03. The van der Waals surface area contributed by atoms with Gasteiger partial charge in [-0.3, -0.25) is 0 Å². The molecule has 0 unspecified atom stereocenters. The van der Waals surface area contributed by atoms with Crippen LogP contribution in [-0.2, 0) is 0 Å². The fourth-order valence-corrected chi connectivity index (χ4v) is 6.34. The van der Waals surface area contributed by atoms with Crippen molar-refractivity contribution in [1.82, 2.24) is 4.57 Å². The van der Waals surface area contributed by atoms with Gasteiger partial charge in [-0.05, 0) is 25.8 Å². The average molecular weight is 201 g/mol. The Morgan fingerprint density at radius 3 is 2.50 bits per heavy atom. The number of rotatable bonds is 4. The van der Waals surface area contributed by atoms with Crippen LogP contribution in [0.3, 0.4) is 0 Å². The number of hydrogen-bond donors (Lipinski definition) is 0. The molecule has 1 aliphatic rings. The summed E-state index contributed by atoms with van der Waals surface area (Å²) in [7, 11) is 1.73. The van der Waals surface area contributed by atoms with Crippen molar-refractivity contribution >= 4 is 19.0 Å². The molecule has 1 fully saturated rings. The topological polar surface area (TPSA) is 3.24 Å². The molecule has 0 heterocycles. The van der Waals surface area contributed by atoms with E-state index in [9.17, 15) is 0 Å². The SMILES string of the molecule is CCCN([SiH2][SiH3])C1CCCCC1. The van der Waals surface area contributed by atoms with Crippen molar-refractivity contribution in [3.8, 4) is 0 Å². The maximum Gasteiger partial charge on any atom is 0.0759 e. The third-order valence-electron chi connectivity index (χ3n) is 3.01. The molecule has 0 spiro atoms. The highest BCUT2D eigenvalue weighted by Crippen LogP contribution is 2.21. The molecule has 1 aliphatic carbocycles. The van der Waals surface area contributed by atoms with Crippen molar-refractivity contribution in [2.24, 2.45) is 0 Å². The van der Waals surface area contributed by atoms with E-state index in [4.69, 9.17) is 0 Å². The van der Waals surface area contributed by atoms with Gasteiger partial charge in [0.25, 0.3) is 0 Å². The second kappa shape index (κ2) is 5.94. The molecule has 3 heteroatoms. The standard InChI is InChI=1S/C9H23NSi2/c1-2-8-10(12-11)9-6-4-3-5-7-9/h9H,2-8,12H2,1,11H3. The average Bonchev–Trinajstić information content (AvgIpc) is 2.15. The second-order valence-corrected chi connectivity index (χ2v) is 7.26. The van der Waals surface area contributed by atoms with Crippen LogP contribution < -0.4 is 0 Å². The summed E-state index contributed by atoms with van der Waals surface area (Å²) in [6.07, 6.45) is 8.89. The molecule has 1 saturated carbocycles. The molecule has 0 aromatic carbocycles. The minimum absolute atomic E-state index is 0.244. The molecule has 0 aliphatic heterocycles. The van der Waals surface area contributed by atoms with Crippen molar-refractivity contribution in [2.75, 3.05) is 6.54 Å². The minimum atomic E-state index is 0.244. The van der Waals surface area contributed by atoms with Gasteiger partial charge in [-0.15, -0.1) is 0 Å². The Labute approximate surface area is 82.0 Å². The van der Waals surface area contributed by atoms with E-state index in [1.54, 1.807) is 0 Å². The van der Waals surface area contributed by atoms with Gasteiger partial charge >= 0.3 is 0 Å². The van der Waals surface area contributed by atoms with E-state index in [0.29, 0.717) is 0 Å². The van der Waals surface area contributed by atoms with Crippen molar-refractivity contribution in [2.45, 2.75) is 51.5 Å². The molecule has 0 N–H and O–H groups in total. The van der Waals surface area contributed by atoms with Crippen LogP contribution in [0.2, 0.25) is 0 Å². The zero-order chi connectivity index (χ0) is 8.81. The predicted molar refractivity (Wildman–Crippen MR) is 62.4 cm³/mol. The molecule has 0 bridgehead atoms. The van der Waals surface area contributed by atoms with E-state index >= 15 is 0 Å². The summed E-state index contributed by atoms with van der Waals surface area (Å²) in [5.41, 5.74) is 0. The zero-order valence-electron chi connectivity index (χ0n) is 8.68. The van der Waals surface area contributed by atoms with E-state index in [1.807, 2.05) is 0 Å². The van der Waals surface area contributed by atoms with Crippen LogP contribution in [0.15, 0.2) is 0 Å². The Hall–Kier alpha value is 0.394. The first-order chi connectivity index (χ1) is 5.88. The largest absolute Gasteiger partial charge is 0.330 e. The monoisotopic (exact) mass is 201 g/mol. The van der Waals surface area contributed by atoms with Gasteiger partial charge in [0.05, 0.1) is 9.20 Å². The summed E-state index contributed by atoms with van der Waals surface area (Å²) in [5, 5.41) is 0. The van der Waals surface area contributed by atoms with Crippen molar-refractivity contribution in [3.05, 3.63) is 0 Å². The Morgan fingerprint density at radius 2 is 2.00 bits per heavy atom. The quantitative estimate of drug-likeness (QED) is 0.595. The molecule has 1 rings (SSSR count). The van der Waals surface area contributed by atoms with Crippen LogP contribution in [0.1, 0.15) is 45.4 Å². The van der Waals surface area contributed by atoms with E-state index < -0.39 is 0 Å². The van der Waals surface area contributed by atoms with Crippen LogP contribution in [-0.4, -0.2) is 36.1 Å². The highest BCUT2D eigenvalue weighted by atomic mass is 29.1. The van der Waals surface area contributed by atoms with Gasteiger partial charge in [0, 0.05) is 15.8 Å². The van der Waals surface area contributed by atoms with Crippen LogP contribution in [0.25, 0.3) is 0 Å².